The number of aryl methyl sites for hydroxylation is 2. The predicted octanol–water partition coefficient (Wildman–Crippen LogP) is 4.09. The van der Waals surface area contributed by atoms with Crippen molar-refractivity contribution in [2.75, 3.05) is 25.1 Å². The van der Waals surface area contributed by atoms with E-state index in [1.807, 2.05) is 20.0 Å². The lowest BCUT2D eigenvalue weighted by Gasteiger charge is -2.12. The number of hydrogen-bond donors (Lipinski definition) is 1. The molecule has 0 aliphatic rings. The van der Waals surface area contributed by atoms with E-state index in [0.717, 1.165) is 48.0 Å². The van der Waals surface area contributed by atoms with E-state index in [9.17, 15) is 0 Å². The topological polar surface area (TPSA) is 39.1 Å². The molecule has 0 spiro atoms. The molecule has 0 amide bonds. The van der Waals surface area contributed by atoms with Crippen LogP contribution in [0.5, 0.6) is 0 Å². The molecule has 2 aromatic rings. The number of benzene rings is 1. The van der Waals surface area contributed by atoms with Crippen molar-refractivity contribution in [3.63, 3.8) is 0 Å². The van der Waals surface area contributed by atoms with E-state index < -0.39 is 0 Å². The molecular weight excluding hydrogens is 330 g/mol. The van der Waals surface area contributed by atoms with Gasteiger partial charge in [0.15, 0.2) is 0 Å². The second-order valence-corrected chi connectivity index (χ2v) is 5.86. The van der Waals surface area contributed by atoms with E-state index in [-0.39, 0.29) is 0 Å². The zero-order chi connectivity index (χ0) is 15.2. The summed E-state index contributed by atoms with van der Waals surface area (Å²) < 4.78 is 8.50. The number of nitrogens with one attached hydrogen (secondary N) is 1. The van der Waals surface area contributed by atoms with Crippen molar-refractivity contribution < 1.29 is 4.74 Å². The van der Waals surface area contributed by atoms with Gasteiger partial charge in [0.1, 0.15) is 0 Å². The summed E-state index contributed by atoms with van der Waals surface area (Å²) in [4.78, 5) is 4.57. The summed E-state index contributed by atoms with van der Waals surface area (Å²) in [6.07, 6.45) is 3.01. The lowest BCUT2D eigenvalue weighted by Crippen LogP contribution is -2.10. The number of aromatic nitrogens is 2. The van der Waals surface area contributed by atoms with Crippen LogP contribution >= 0.6 is 15.9 Å². The average molecular weight is 352 g/mol. The molecule has 0 saturated heterocycles. The third-order valence-electron chi connectivity index (χ3n) is 3.14. The second-order valence-electron chi connectivity index (χ2n) is 5.01. The molecule has 1 aromatic heterocycles. The maximum Gasteiger partial charge on any atom is 0.207 e. The van der Waals surface area contributed by atoms with E-state index >= 15 is 0 Å². The van der Waals surface area contributed by atoms with Gasteiger partial charge in [0.05, 0.1) is 11.4 Å². The molecule has 0 atom stereocenters. The first-order valence-electron chi connectivity index (χ1n) is 7.26. The lowest BCUT2D eigenvalue weighted by atomic mass is 10.2. The highest BCUT2D eigenvalue weighted by Crippen LogP contribution is 2.25. The highest BCUT2D eigenvalue weighted by Gasteiger charge is 2.10. The van der Waals surface area contributed by atoms with E-state index in [0.29, 0.717) is 0 Å². The van der Waals surface area contributed by atoms with Crippen LogP contribution in [0.15, 0.2) is 28.9 Å². The van der Waals surface area contributed by atoms with Crippen molar-refractivity contribution in [2.45, 2.75) is 27.2 Å². The number of halogens is 1. The van der Waals surface area contributed by atoms with Crippen LogP contribution in [-0.2, 0) is 4.74 Å². The number of ether oxygens (including phenoxy) is 1. The summed E-state index contributed by atoms with van der Waals surface area (Å²) >= 11 is 3.62. The molecule has 0 fully saturated rings. The molecule has 0 unspecified atom stereocenters. The van der Waals surface area contributed by atoms with Crippen LogP contribution in [0.25, 0.3) is 5.69 Å². The summed E-state index contributed by atoms with van der Waals surface area (Å²) in [5, 5.41) is 3.39. The van der Waals surface area contributed by atoms with Crippen molar-refractivity contribution in [3.05, 3.63) is 40.1 Å². The van der Waals surface area contributed by atoms with E-state index in [1.165, 1.54) is 5.56 Å². The van der Waals surface area contributed by atoms with Crippen LogP contribution in [-0.4, -0.2) is 29.3 Å². The standard InChI is InChI=1S/C16H22BrN3O/c1-4-21-9-5-8-18-16-19-13(3)11-20(16)15-10-12(2)6-7-14(15)17/h6-7,10-11H,4-5,8-9H2,1-3H3,(H,18,19). The Morgan fingerprint density at radius 2 is 2.14 bits per heavy atom. The van der Waals surface area contributed by atoms with Crippen LogP contribution in [0.4, 0.5) is 5.95 Å². The molecule has 0 saturated carbocycles. The minimum Gasteiger partial charge on any atom is -0.382 e. The Hall–Kier alpha value is -1.33. The zero-order valence-corrected chi connectivity index (χ0v) is 14.4. The molecule has 1 N–H and O–H groups in total. The molecule has 21 heavy (non-hydrogen) atoms. The molecule has 2 rings (SSSR count). The molecule has 1 heterocycles. The van der Waals surface area contributed by atoms with E-state index in [1.54, 1.807) is 0 Å². The molecule has 0 radical (unpaired) electrons. The van der Waals surface area contributed by atoms with Crippen molar-refractivity contribution in [3.8, 4) is 5.69 Å². The van der Waals surface area contributed by atoms with Gasteiger partial charge in [-0.3, -0.25) is 4.57 Å². The van der Waals surface area contributed by atoms with Gasteiger partial charge >= 0.3 is 0 Å². The van der Waals surface area contributed by atoms with Gasteiger partial charge in [0.25, 0.3) is 0 Å². The average Bonchev–Trinajstić information content (AvgIpc) is 2.82. The fourth-order valence-electron chi connectivity index (χ4n) is 2.13. The van der Waals surface area contributed by atoms with Gasteiger partial charge in [0, 0.05) is 30.4 Å². The first-order chi connectivity index (χ1) is 10.1. The van der Waals surface area contributed by atoms with Crippen molar-refractivity contribution >= 4 is 21.9 Å². The van der Waals surface area contributed by atoms with Gasteiger partial charge < -0.3 is 10.1 Å². The maximum absolute atomic E-state index is 5.35. The summed E-state index contributed by atoms with van der Waals surface area (Å²) in [5.74, 6) is 0.871. The van der Waals surface area contributed by atoms with Crippen LogP contribution in [0.1, 0.15) is 24.6 Å². The van der Waals surface area contributed by atoms with Gasteiger partial charge in [0.2, 0.25) is 5.95 Å². The molecule has 0 aliphatic heterocycles. The summed E-state index contributed by atoms with van der Waals surface area (Å²) in [6.45, 7) is 8.50. The quantitative estimate of drug-likeness (QED) is 0.763. The highest BCUT2D eigenvalue weighted by molar-refractivity contribution is 9.10. The van der Waals surface area contributed by atoms with Gasteiger partial charge in [-0.25, -0.2) is 4.98 Å². The fourth-order valence-corrected chi connectivity index (χ4v) is 2.57. The second kappa shape index (κ2) is 7.61. The molecule has 0 bridgehead atoms. The highest BCUT2D eigenvalue weighted by atomic mass is 79.9. The Morgan fingerprint density at radius 3 is 2.90 bits per heavy atom. The van der Waals surface area contributed by atoms with Crippen molar-refractivity contribution in [2.24, 2.45) is 0 Å². The van der Waals surface area contributed by atoms with E-state index in [4.69, 9.17) is 4.74 Å². The van der Waals surface area contributed by atoms with Gasteiger partial charge in [-0.05, 0) is 60.8 Å². The summed E-state index contributed by atoms with van der Waals surface area (Å²) in [7, 11) is 0. The molecule has 114 valence electrons. The lowest BCUT2D eigenvalue weighted by molar-refractivity contribution is 0.147. The monoisotopic (exact) mass is 351 g/mol. The molecule has 0 aliphatic carbocycles. The number of nitrogens with zero attached hydrogens (tertiary/aromatic N) is 2. The number of hydrogen-bond acceptors (Lipinski definition) is 3. The van der Waals surface area contributed by atoms with E-state index in [2.05, 4.69) is 55.9 Å². The minimum absolute atomic E-state index is 0.768. The fraction of sp³-hybridized carbons (Fsp3) is 0.438. The van der Waals surface area contributed by atoms with Gasteiger partial charge in [-0.1, -0.05) is 6.07 Å². The Morgan fingerprint density at radius 1 is 1.33 bits per heavy atom. The first-order valence-corrected chi connectivity index (χ1v) is 8.05. The van der Waals surface area contributed by atoms with Gasteiger partial charge in [-0.15, -0.1) is 0 Å². The molecule has 4 nitrogen and oxygen atoms in total. The third-order valence-corrected chi connectivity index (χ3v) is 3.81. The predicted molar refractivity (Wildman–Crippen MR) is 90.3 cm³/mol. The number of rotatable bonds is 7. The normalized spacial score (nSPS) is 10.9. The Labute approximate surface area is 134 Å². The maximum atomic E-state index is 5.35. The smallest absolute Gasteiger partial charge is 0.207 e. The van der Waals surface area contributed by atoms with Crippen molar-refractivity contribution in [1.29, 1.82) is 0 Å². The van der Waals surface area contributed by atoms with Crippen LogP contribution in [0.3, 0.4) is 0 Å². The van der Waals surface area contributed by atoms with Crippen molar-refractivity contribution in [1.82, 2.24) is 9.55 Å². The van der Waals surface area contributed by atoms with Crippen LogP contribution in [0, 0.1) is 13.8 Å². The molecule has 5 heteroatoms. The minimum atomic E-state index is 0.768. The third kappa shape index (κ3) is 4.32. The molecule has 1 aromatic carbocycles. The summed E-state index contributed by atoms with van der Waals surface area (Å²) in [6, 6.07) is 6.31. The first kappa shape index (κ1) is 16.0. The molecular formula is C16H22BrN3O. The zero-order valence-electron chi connectivity index (χ0n) is 12.8. The van der Waals surface area contributed by atoms with Crippen LogP contribution in [0.2, 0.25) is 0 Å². The number of imidazole rings is 1. The Balaban J connectivity index is 2.14. The van der Waals surface area contributed by atoms with Gasteiger partial charge in [-0.2, -0.15) is 0 Å². The number of anilines is 1. The largest absolute Gasteiger partial charge is 0.382 e. The Kier molecular flexibility index (Phi) is 5.82. The summed E-state index contributed by atoms with van der Waals surface area (Å²) in [5.41, 5.74) is 3.32. The van der Waals surface area contributed by atoms with Crippen LogP contribution < -0.4 is 5.32 Å². The SMILES string of the molecule is CCOCCCNc1nc(C)cn1-c1cc(C)ccc1Br. The Bertz CT molecular complexity index is 595.